The minimum absolute atomic E-state index is 0.340. The Balaban J connectivity index is 1.88. The summed E-state index contributed by atoms with van der Waals surface area (Å²) in [5.41, 5.74) is 0.733. The highest BCUT2D eigenvalue weighted by Gasteiger charge is 2.24. The van der Waals surface area contributed by atoms with Gasteiger partial charge in [0, 0.05) is 25.3 Å². The number of aromatic nitrogens is 1. The Bertz CT molecular complexity index is 514. The maximum absolute atomic E-state index is 11.8. The number of piperidine rings is 1. The van der Waals surface area contributed by atoms with Gasteiger partial charge < -0.3 is 10.1 Å². The van der Waals surface area contributed by atoms with Gasteiger partial charge in [0.2, 0.25) is 0 Å². The fourth-order valence-corrected chi connectivity index (χ4v) is 2.98. The van der Waals surface area contributed by atoms with Crippen molar-refractivity contribution in [3.8, 4) is 0 Å². The molecule has 0 saturated carbocycles. The number of hydrogen-bond donors (Lipinski definition) is 1. The van der Waals surface area contributed by atoms with Crippen LogP contribution in [0.1, 0.15) is 45.6 Å². The molecule has 0 aromatic carbocycles. The number of carbonyl (C=O) groups excluding carboxylic acids is 1. The Morgan fingerprint density at radius 1 is 1.43 bits per heavy atom. The Kier molecular flexibility index (Phi) is 6.41. The number of ether oxygens (including phenoxy) is 1. The summed E-state index contributed by atoms with van der Waals surface area (Å²) in [5.74, 6) is 0. The van der Waals surface area contributed by atoms with Crippen molar-refractivity contribution in [3.63, 3.8) is 0 Å². The number of nitrogens with one attached hydrogen (secondary N) is 1. The van der Waals surface area contributed by atoms with Gasteiger partial charge in [-0.3, -0.25) is 4.90 Å². The molecule has 1 fully saturated rings. The number of likely N-dealkylation sites (tertiary alicyclic amines) is 1. The molecule has 0 radical (unpaired) electrons. The number of amides is 1. The van der Waals surface area contributed by atoms with E-state index in [1.807, 2.05) is 33.0 Å². The van der Waals surface area contributed by atoms with E-state index in [9.17, 15) is 4.79 Å². The monoisotopic (exact) mass is 383 g/mol. The molecule has 5 nitrogen and oxygen atoms in total. The lowest BCUT2D eigenvalue weighted by Gasteiger charge is -2.36. The smallest absolute Gasteiger partial charge is 0.407 e. The molecule has 1 amide bonds. The molecule has 128 valence electrons. The second-order valence-corrected chi connectivity index (χ2v) is 7.80. The largest absolute Gasteiger partial charge is 0.444 e. The van der Waals surface area contributed by atoms with Crippen LogP contribution in [-0.4, -0.2) is 40.7 Å². The molecule has 0 spiro atoms. The van der Waals surface area contributed by atoms with Gasteiger partial charge in [0.1, 0.15) is 10.2 Å². The lowest BCUT2D eigenvalue weighted by atomic mass is 10.0. The predicted octanol–water partition coefficient (Wildman–Crippen LogP) is 3.72. The molecule has 0 aliphatic carbocycles. The molecule has 1 N–H and O–H groups in total. The van der Waals surface area contributed by atoms with Crippen LogP contribution in [0.2, 0.25) is 0 Å². The average molecular weight is 384 g/mol. The highest BCUT2D eigenvalue weighted by atomic mass is 79.9. The first-order valence-electron chi connectivity index (χ1n) is 8.15. The molecule has 1 aliphatic heterocycles. The Morgan fingerprint density at radius 2 is 2.22 bits per heavy atom. The molecule has 0 unspecified atom stereocenters. The van der Waals surface area contributed by atoms with E-state index in [1.165, 1.54) is 18.4 Å². The van der Waals surface area contributed by atoms with E-state index in [-0.39, 0.29) is 6.09 Å². The van der Waals surface area contributed by atoms with Gasteiger partial charge in [-0.1, -0.05) is 12.5 Å². The number of pyridine rings is 1. The zero-order valence-corrected chi connectivity index (χ0v) is 15.7. The lowest BCUT2D eigenvalue weighted by Crippen LogP contribution is -2.47. The second-order valence-electron chi connectivity index (χ2n) is 6.99. The van der Waals surface area contributed by atoms with Crippen molar-refractivity contribution >= 4 is 22.0 Å². The van der Waals surface area contributed by atoms with Crippen LogP contribution in [0.4, 0.5) is 4.79 Å². The van der Waals surface area contributed by atoms with E-state index in [2.05, 4.69) is 37.2 Å². The number of nitrogens with zero attached hydrogens (tertiary/aromatic N) is 2. The minimum atomic E-state index is -0.459. The molecule has 1 saturated heterocycles. The minimum Gasteiger partial charge on any atom is -0.444 e. The summed E-state index contributed by atoms with van der Waals surface area (Å²) < 4.78 is 6.16. The fourth-order valence-electron chi connectivity index (χ4n) is 2.75. The molecule has 2 rings (SSSR count). The van der Waals surface area contributed by atoms with Gasteiger partial charge in [-0.25, -0.2) is 9.78 Å². The van der Waals surface area contributed by atoms with Gasteiger partial charge in [-0.15, -0.1) is 0 Å². The van der Waals surface area contributed by atoms with Crippen LogP contribution >= 0.6 is 15.9 Å². The first kappa shape index (κ1) is 18.2. The van der Waals surface area contributed by atoms with Crippen LogP contribution in [0.3, 0.4) is 0 Å². The molecule has 1 aromatic heterocycles. The Morgan fingerprint density at radius 3 is 2.87 bits per heavy atom. The van der Waals surface area contributed by atoms with Crippen molar-refractivity contribution in [2.24, 2.45) is 0 Å². The summed E-state index contributed by atoms with van der Waals surface area (Å²) in [7, 11) is 0. The quantitative estimate of drug-likeness (QED) is 0.804. The zero-order valence-electron chi connectivity index (χ0n) is 14.1. The average Bonchev–Trinajstić information content (AvgIpc) is 2.47. The third-order valence-corrected chi connectivity index (χ3v) is 4.27. The highest BCUT2D eigenvalue weighted by molar-refractivity contribution is 9.10. The number of halogens is 1. The molecule has 2 heterocycles. The molecule has 1 atom stereocenters. The molecular formula is C17H26BrN3O2. The van der Waals surface area contributed by atoms with Crippen molar-refractivity contribution < 1.29 is 9.53 Å². The topological polar surface area (TPSA) is 54.5 Å². The summed E-state index contributed by atoms with van der Waals surface area (Å²) in [4.78, 5) is 18.5. The summed E-state index contributed by atoms with van der Waals surface area (Å²) in [6.07, 6.45) is 5.06. The van der Waals surface area contributed by atoms with Gasteiger partial charge in [-0.2, -0.15) is 0 Å². The maximum atomic E-state index is 11.8. The molecule has 1 aromatic rings. The van der Waals surface area contributed by atoms with Crippen LogP contribution < -0.4 is 5.32 Å². The van der Waals surface area contributed by atoms with Gasteiger partial charge in [0.25, 0.3) is 0 Å². The maximum Gasteiger partial charge on any atom is 0.407 e. The van der Waals surface area contributed by atoms with E-state index < -0.39 is 5.60 Å². The van der Waals surface area contributed by atoms with Crippen molar-refractivity contribution in [1.82, 2.24) is 15.2 Å². The number of hydrogen-bond acceptors (Lipinski definition) is 4. The van der Waals surface area contributed by atoms with Gasteiger partial charge in [0.15, 0.2) is 0 Å². The second kappa shape index (κ2) is 8.11. The molecule has 6 heteroatoms. The predicted molar refractivity (Wildman–Crippen MR) is 94.2 cm³/mol. The third-order valence-electron chi connectivity index (χ3n) is 3.80. The van der Waals surface area contributed by atoms with E-state index in [0.29, 0.717) is 12.6 Å². The van der Waals surface area contributed by atoms with Gasteiger partial charge in [0.05, 0.1) is 0 Å². The Labute approximate surface area is 146 Å². The SMILES string of the molecule is CC(C)(C)OC(=O)NC[C@@H]1CCCCN1Cc1ccc(Br)nc1. The Hall–Kier alpha value is -1.14. The van der Waals surface area contributed by atoms with Crippen LogP contribution in [0.15, 0.2) is 22.9 Å². The summed E-state index contributed by atoms with van der Waals surface area (Å²) in [6, 6.07) is 4.40. The van der Waals surface area contributed by atoms with Gasteiger partial charge in [-0.05, 0) is 67.7 Å². The summed E-state index contributed by atoms with van der Waals surface area (Å²) >= 11 is 3.36. The fraction of sp³-hybridized carbons (Fsp3) is 0.647. The number of rotatable bonds is 4. The lowest BCUT2D eigenvalue weighted by molar-refractivity contribution is 0.0492. The van der Waals surface area contributed by atoms with E-state index in [1.54, 1.807) is 0 Å². The first-order valence-corrected chi connectivity index (χ1v) is 8.94. The van der Waals surface area contributed by atoms with E-state index in [0.717, 1.165) is 24.1 Å². The molecule has 1 aliphatic rings. The van der Waals surface area contributed by atoms with Crippen LogP contribution in [-0.2, 0) is 11.3 Å². The van der Waals surface area contributed by atoms with Crippen LogP contribution in [0, 0.1) is 0 Å². The van der Waals surface area contributed by atoms with E-state index in [4.69, 9.17) is 4.74 Å². The molecule has 23 heavy (non-hydrogen) atoms. The van der Waals surface area contributed by atoms with Gasteiger partial charge >= 0.3 is 6.09 Å². The summed E-state index contributed by atoms with van der Waals surface area (Å²) in [5, 5.41) is 2.91. The van der Waals surface area contributed by atoms with E-state index >= 15 is 0 Å². The third kappa shape index (κ3) is 6.47. The summed E-state index contributed by atoms with van der Waals surface area (Å²) in [6.45, 7) is 8.16. The normalized spacial score (nSPS) is 19.4. The van der Waals surface area contributed by atoms with Crippen molar-refractivity contribution in [3.05, 3.63) is 28.5 Å². The van der Waals surface area contributed by atoms with Crippen molar-refractivity contribution in [2.75, 3.05) is 13.1 Å². The highest BCUT2D eigenvalue weighted by Crippen LogP contribution is 2.20. The zero-order chi connectivity index (χ0) is 16.9. The standard InChI is InChI=1S/C17H26BrN3O2/c1-17(2,3)23-16(22)20-11-14-6-4-5-9-21(14)12-13-7-8-15(18)19-10-13/h7-8,10,14H,4-6,9,11-12H2,1-3H3,(H,20,22)/t14-/m0/s1. The number of carbonyl (C=O) groups is 1. The van der Waals surface area contributed by atoms with Crippen LogP contribution in [0.25, 0.3) is 0 Å². The molecule has 0 bridgehead atoms. The molecular weight excluding hydrogens is 358 g/mol. The van der Waals surface area contributed by atoms with Crippen molar-refractivity contribution in [2.45, 2.75) is 58.2 Å². The number of alkyl carbamates (subject to hydrolysis) is 1. The first-order chi connectivity index (χ1) is 10.8. The van der Waals surface area contributed by atoms with Crippen molar-refractivity contribution in [1.29, 1.82) is 0 Å². The van der Waals surface area contributed by atoms with Crippen LogP contribution in [0.5, 0.6) is 0 Å².